The standard InChI is InChI=1S/C31H33Cl2N5O2S/c1-30(2,3)24-15-19(16-25(27(24)40)31(4,5)6)17-34-35-26(39)18-41-29-37-36-28(20-7-9-21(32)10-8-20)38(29)23-13-11-22(33)12-14-23/h7-17,40H,18H2,1-6H3,(H,35,39)/b34-17-. The number of hydrazone groups is 1. The van der Waals surface area contributed by atoms with Crippen molar-refractivity contribution >= 4 is 47.1 Å². The van der Waals surface area contributed by atoms with Crippen molar-refractivity contribution < 1.29 is 9.90 Å². The molecule has 1 heterocycles. The minimum Gasteiger partial charge on any atom is -0.507 e. The number of hydrogen-bond acceptors (Lipinski definition) is 6. The number of nitrogens with one attached hydrogen (secondary N) is 1. The summed E-state index contributed by atoms with van der Waals surface area (Å²) in [6.45, 7) is 12.3. The molecule has 0 radical (unpaired) electrons. The van der Waals surface area contributed by atoms with Gasteiger partial charge in [0.05, 0.1) is 12.0 Å². The van der Waals surface area contributed by atoms with E-state index in [2.05, 4.69) is 62.3 Å². The molecule has 0 saturated carbocycles. The maximum absolute atomic E-state index is 12.7. The molecule has 0 atom stereocenters. The molecule has 3 aromatic carbocycles. The molecule has 4 aromatic rings. The fraction of sp³-hybridized carbons (Fsp3) is 0.290. The Morgan fingerprint density at radius 1 is 0.927 bits per heavy atom. The van der Waals surface area contributed by atoms with Crippen LogP contribution in [0, 0.1) is 0 Å². The fourth-order valence-electron chi connectivity index (χ4n) is 4.19. The molecule has 214 valence electrons. The van der Waals surface area contributed by atoms with E-state index in [1.807, 2.05) is 41.0 Å². The molecule has 7 nitrogen and oxygen atoms in total. The minimum atomic E-state index is -0.296. The Kier molecular flexibility index (Phi) is 9.16. The highest BCUT2D eigenvalue weighted by Crippen LogP contribution is 2.39. The second-order valence-electron chi connectivity index (χ2n) is 11.7. The Labute approximate surface area is 255 Å². The highest BCUT2D eigenvalue weighted by molar-refractivity contribution is 7.99. The zero-order valence-electron chi connectivity index (χ0n) is 23.9. The number of aromatic nitrogens is 3. The molecule has 4 rings (SSSR count). The summed E-state index contributed by atoms with van der Waals surface area (Å²) in [5.74, 6) is 0.683. The smallest absolute Gasteiger partial charge is 0.250 e. The lowest BCUT2D eigenvalue weighted by Crippen LogP contribution is -2.20. The maximum atomic E-state index is 12.7. The van der Waals surface area contributed by atoms with Gasteiger partial charge in [-0.1, -0.05) is 76.5 Å². The van der Waals surface area contributed by atoms with Crippen LogP contribution >= 0.6 is 35.0 Å². The highest BCUT2D eigenvalue weighted by Gasteiger charge is 2.26. The van der Waals surface area contributed by atoms with Crippen molar-refractivity contribution in [3.8, 4) is 22.8 Å². The van der Waals surface area contributed by atoms with Crippen molar-refractivity contribution in [1.29, 1.82) is 0 Å². The number of halogens is 2. The largest absolute Gasteiger partial charge is 0.507 e. The van der Waals surface area contributed by atoms with Crippen LogP contribution in [0.1, 0.15) is 58.2 Å². The van der Waals surface area contributed by atoms with Gasteiger partial charge in [0.1, 0.15) is 5.75 Å². The molecule has 0 aliphatic rings. The van der Waals surface area contributed by atoms with E-state index in [0.717, 1.165) is 27.9 Å². The van der Waals surface area contributed by atoms with Gasteiger partial charge in [-0.15, -0.1) is 10.2 Å². The Hall–Kier alpha value is -3.33. The topological polar surface area (TPSA) is 92.4 Å². The van der Waals surface area contributed by atoms with E-state index in [-0.39, 0.29) is 22.5 Å². The molecule has 10 heteroatoms. The summed E-state index contributed by atoms with van der Waals surface area (Å²) in [5, 5.41) is 25.6. The monoisotopic (exact) mass is 609 g/mol. The summed E-state index contributed by atoms with van der Waals surface area (Å²) >= 11 is 13.4. The van der Waals surface area contributed by atoms with Gasteiger partial charge in [-0.2, -0.15) is 5.10 Å². The van der Waals surface area contributed by atoms with Gasteiger partial charge in [0, 0.05) is 32.4 Å². The molecular formula is C31H33Cl2N5O2S. The van der Waals surface area contributed by atoms with Crippen molar-refractivity contribution in [3.05, 3.63) is 87.4 Å². The molecule has 2 N–H and O–H groups in total. The van der Waals surface area contributed by atoms with Crippen molar-refractivity contribution in [3.63, 3.8) is 0 Å². The lowest BCUT2D eigenvalue weighted by atomic mass is 9.78. The van der Waals surface area contributed by atoms with E-state index in [0.29, 0.717) is 26.8 Å². The molecule has 0 fully saturated rings. The number of aromatic hydroxyl groups is 1. The third-order valence-electron chi connectivity index (χ3n) is 6.30. The van der Waals surface area contributed by atoms with E-state index in [1.54, 1.807) is 30.5 Å². The number of carbonyl (C=O) groups is 1. The number of carbonyl (C=O) groups excluding carboxylic acids is 1. The summed E-state index contributed by atoms with van der Waals surface area (Å²) in [5.41, 5.74) is 6.15. The normalized spacial score (nSPS) is 12.2. The first-order valence-electron chi connectivity index (χ1n) is 13.0. The molecule has 41 heavy (non-hydrogen) atoms. The summed E-state index contributed by atoms with van der Waals surface area (Å²) in [6, 6.07) is 18.4. The van der Waals surface area contributed by atoms with Gasteiger partial charge in [-0.3, -0.25) is 9.36 Å². The van der Waals surface area contributed by atoms with Gasteiger partial charge in [0.2, 0.25) is 0 Å². The number of phenolic OH excluding ortho intramolecular Hbond substituents is 1. The predicted molar refractivity (Wildman–Crippen MR) is 169 cm³/mol. The number of phenols is 1. The molecule has 0 aliphatic carbocycles. The van der Waals surface area contributed by atoms with Crippen LogP contribution in [0.25, 0.3) is 17.1 Å². The van der Waals surface area contributed by atoms with Crippen LogP contribution in [0.15, 0.2) is 70.9 Å². The number of rotatable bonds is 7. The summed E-state index contributed by atoms with van der Waals surface area (Å²) in [7, 11) is 0. The number of benzene rings is 3. The molecule has 0 spiro atoms. The fourth-order valence-corrected chi connectivity index (χ4v) is 5.18. The van der Waals surface area contributed by atoms with Crippen LogP contribution < -0.4 is 5.43 Å². The Morgan fingerprint density at radius 2 is 1.46 bits per heavy atom. The van der Waals surface area contributed by atoms with E-state index in [1.165, 1.54) is 11.8 Å². The van der Waals surface area contributed by atoms with Gasteiger partial charge < -0.3 is 5.11 Å². The van der Waals surface area contributed by atoms with E-state index in [9.17, 15) is 9.90 Å². The lowest BCUT2D eigenvalue weighted by molar-refractivity contribution is -0.118. The number of thioether (sulfide) groups is 1. The van der Waals surface area contributed by atoms with Crippen LogP contribution in [-0.4, -0.2) is 37.7 Å². The average molecular weight is 611 g/mol. The molecule has 1 amide bonds. The zero-order valence-corrected chi connectivity index (χ0v) is 26.2. The van der Waals surface area contributed by atoms with Gasteiger partial charge in [-0.05, 0) is 77.1 Å². The number of amides is 1. The van der Waals surface area contributed by atoms with Gasteiger partial charge >= 0.3 is 0 Å². The summed E-state index contributed by atoms with van der Waals surface area (Å²) in [4.78, 5) is 12.7. The summed E-state index contributed by atoms with van der Waals surface area (Å²) < 4.78 is 1.87. The van der Waals surface area contributed by atoms with Crippen molar-refractivity contribution in [1.82, 2.24) is 20.2 Å². The van der Waals surface area contributed by atoms with Crippen LogP contribution in [-0.2, 0) is 15.6 Å². The van der Waals surface area contributed by atoms with Crippen LogP contribution in [0.4, 0.5) is 0 Å². The van der Waals surface area contributed by atoms with Gasteiger partial charge in [-0.25, -0.2) is 5.43 Å². The second kappa shape index (κ2) is 12.3. The SMILES string of the molecule is CC(C)(C)c1cc(/C=N\NC(=O)CSc2nnc(-c3ccc(Cl)cc3)n2-c2ccc(Cl)cc2)cc(C(C)(C)C)c1O. The third kappa shape index (κ3) is 7.50. The van der Waals surface area contributed by atoms with Crippen molar-refractivity contribution in [2.75, 3.05) is 5.75 Å². The molecule has 1 aromatic heterocycles. The van der Waals surface area contributed by atoms with Crippen LogP contribution in [0.3, 0.4) is 0 Å². The summed E-state index contributed by atoms with van der Waals surface area (Å²) in [6.07, 6.45) is 1.60. The quantitative estimate of drug-likeness (QED) is 0.127. The maximum Gasteiger partial charge on any atom is 0.250 e. The molecule has 0 saturated heterocycles. The van der Waals surface area contributed by atoms with Crippen LogP contribution in [0.5, 0.6) is 5.75 Å². The third-order valence-corrected chi connectivity index (χ3v) is 7.74. The highest BCUT2D eigenvalue weighted by atomic mass is 35.5. The first-order valence-corrected chi connectivity index (χ1v) is 14.8. The van der Waals surface area contributed by atoms with Crippen LogP contribution in [0.2, 0.25) is 10.0 Å². The van der Waals surface area contributed by atoms with E-state index >= 15 is 0 Å². The first-order chi connectivity index (χ1) is 19.2. The average Bonchev–Trinajstić information content (AvgIpc) is 3.31. The first kappa shape index (κ1) is 30.6. The van der Waals surface area contributed by atoms with E-state index in [4.69, 9.17) is 23.2 Å². The van der Waals surface area contributed by atoms with Crippen molar-refractivity contribution in [2.45, 2.75) is 57.5 Å². The van der Waals surface area contributed by atoms with Gasteiger partial charge in [0.25, 0.3) is 5.91 Å². The Bertz CT molecular complexity index is 1530. The minimum absolute atomic E-state index is 0.0692. The van der Waals surface area contributed by atoms with Crippen molar-refractivity contribution in [2.24, 2.45) is 5.10 Å². The molecular weight excluding hydrogens is 577 g/mol. The molecule has 0 aliphatic heterocycles. The van der Waals surface area contributed by atoms with Gasteiger partial charge in [0.15, 0.2) is 11.0 Å². The lowest BCUT2D eigenvalue weighted by Gasteiger charge is -2.27. The molecule has 0 unspecified atom stereocenters. The molecule has 0 bridgehead atoms. The zero-order chi connectivity index (χ0) is 29.9. The number of hydrogen-bond donors (Lipinski definition) is 2. The Balaban J connectivity index is 1.52. The number of nitrogens with zero attached hydrogens (tertiary/aromatic N) is 4. The Morgan fingerprint density at radius 3 is 2.00 bits per heavy atom. The van der Waals surface area contributed by atoms with E-state index < -0.39 is 0 Å². The predicted octanol–water partition coefficient (Wildman–Crippen LogP) is 7.78. The second-order valence-corrected chi connectivity index (χ2v) is 13.5.